The summed E-state index contributed by atoms with van der Waals surface area (Å²) in [5.74, 6) is 0.0807. The Labute approximate surface area is 176 Å². The summed E-state index contributed by atoms with van der Waals surface area (Å²) in [5, 5.41) is 14.8. The van der Waals surface area contributed by atoms with Crippen LogP contribution in [0.4, 0.5) is 11.4 Å². The molecule has 152 valence electrons. The van der Waals surface area contributed by atoms with Gasteiger partial charge in [-0.3, -0.25) is 10.1 Å². The number of nitrogens with one attached hydrogen (secondary N) is 1. The summed E-state index contributed by atoms with van der Waals surface area (Å²) in [6.07, 6.45) is 1.30. The van der Waals surface area contributed by atoms with Gasteiger partial charge in [-0.25, -0.2) is 4.79 Å². The molecule has 2 aromatic carbocycles. The van der Waals surface area contributed by atoms with Gasteiger partial charge in [0.1, 0.15) is 10.8 Å². The molecule has 5 rings (SSSR count). The van der Waals surface area contributed by atoms with Crippen LogP contribution < -0.4 is 15.7 Å². The second-order valence-electron chi connectivity index (χ2n) is 8.06. The molecular formula is C22H17ClN2O5. The number of nitrogens with zero attached hydrogens (tertiary/aromatic N) is 1. The minimum Gasteiger partial charge on any atom is -0.463 e. The van der Waals surface area contributed by atoms with Gasteiger partial charge in [-0.15, -0.1) is 0 Å². The second kappa shape index (κ2) is 6.09. The van der Waals surface area contributed by atoms with Crippen LogP contribution in [0.15, 0.2) is 64.0 Å². The first kappa shape index (κ1) is 18.7. The lowest BCUT2D eigenvalue weighted by atomic mass is 9.59. The summed E-state index contributed by atoms with van der Waals surface area (Å²) in [5.41, 5.74) is 0.424. The predicted molar refractivity (Wildman–Crippen MR) is 111 cm³/mol. The van der Waals surface area contributed by atoms with Crippen molar-refractivity contribution in [3.63, 3.8) is 0 Å². The van der Waals surface area contributed by atoms with Gasteiger partial charge in [0.05, 0.1) is 16.7 Å². The average molecular weight is 425 g/mol. The fraction of sp³-hybridized carbons (Fsp3) is 0.227. The fourth-order valence-corrected chi connectivity index (χ4v) is 5.03. The van der Waals surface area contributed by atoms with E-state index in [1.54, 1.807) is 18.2 Å². The molecule has 0 amide bonds. The van der Waals surface area contributed by atoms with E-state index < -0.39 is 21.7 Å². The van der Waals surface area contributed by atoms with Crippen molar-refractivity contribution in [2.24, 2.45) is 5.41 Å². The highest BCUT2D eigenvalue weighted by atomic mass is 35.5. The first-order valence-electron chi connectivity index (χ1n) is 9.38. The van der Waals surface area contributed by atoms with E-state index in [0.29, 0.717) is 16.9 Å². The first-order valence-corrected chi connectivity index (χ1v) is 9.76. The van der Waals surface area contributed by atoms with E-state index in [-0.39, 0.29) is 16.6 Å². The molecule has 30 heavy (non-hydrogen) atoms. The van der Waals surface area contributed by atoms with Gasteiger partial charge in [0.15, 0.2) is 0 Å². The maximum atomic E-state index is 12.7. The number of ether oxygens (including phenoxy) is 1. The summed E-state index contributed by atoms with van der Waals surface area (Å²) >= 11 is 6.25. The van der Waals surface area contributed by atoms with Crippen LogP contribution in [-0.4, -0.2) is 4.92 Å². The Morgan fingerprint density at radius 2 is 1.93 bits per heavy atom. The monoisotopic (exact) mass is 424 g/mol. The van der Waals surface area contributed by atoms with Crippen LogP contribution in [-0.2, 0) is 5.72 Å². The number of para-hydroxylation sites is 1. The minimum atomic E-state index is -1.12. The zero-order chi connectivity index (χ0) is 21.3. The Hall–Kier alpha value is -3.32. The predicted octanol–water partition coefficient (Wildman–Crippen LogP) is 5.03. The molecule has 0 saturated heterocycles. The van der Waals surface area contributed by atoms with E-state index in [2.05, 4.69) is 5.32 Å². The number of nitro benzene ring substituents is 1. The summed E-state index contributed by atoms with van der Waals surface area (Å²) in [7, 11) is 0. The molecule has 2 bridgehead atoms. The maximum Gasteiger partial charge on any atom is 0.343 e. The van der Waals surface area contributed by atoms with Gasteiger partial charge in [-0.2, -0.15) is 0 Å². The largest absolute Gasteiger partial charge is 0.463 e. The van der Waals surface area contributed by atoms with E-state index in [4.69, 9.17) is 20.8 Å². The van der Waals surface area contributed by atoms with Crippen molar-refractivity contribution in [3.05, 3.63) is 97.0 Å². The third-order valence-electron chi connectivity index (χ3n) is 6.19. The molecule has 2 aliphatic rings. The summed E-state index contributed by atoms with van der Waals surface area (Å²) in [4.78, 5) is 23.4. The van der Waals surface area contributed by atoms with Crippen LogP contribution in [0.2, 0.25) is 5.02 Å². The number of anilines is 1. The highest BCUT2D eigenvalue weighted by Crippen LogP contribution is 2.62. The normalized spacial score (nSPS) is 22.8. The van der Waals surface area contributed by atoms with Gasteiger partial charge >= 0.3 is 5.63 Å². The van der Waals surface area contributed by atoms with Gasteiger partial charge in [-0.05, 0) is 23.8 Å². The molecule has 3 heterocycles. The van der Waals surface area contributed by atoms with Gasteiger partial charge in [0, 0.05) is 34.7 Å². The number of halogens is 1. The SMILES string of the molecule is CC1(C)[C@@H]2c3ccccc3NC1(c1ccc([N+](=O)[O-])c(Cl)c1)Oc1ccoc(=O)c12. The zero-order valence-electron chi connectivity index (χ0n) is 16.1. The maximum absolute atomic E-state index is 12.7. The van der Waals surface area contributed by atoms with Gasteiger partial charge in [0.2, 0.25) is 5.72 Å². The molecule has 0 spiro atoms. The van der Waals surface area contributed by atoms with Crippen molar-refractivity contribution < 1.29 is 14.1 Å². The highest BCUT2D eigenvalue weighted by molar-refractivity contribution is 6.32. The van der Waals surface area contributed by atoms with Crippen LogP contribution in [0.1, 0.15) is 36.5 Å². The molecule has 0 saturated carbocycles. The lowest BCUT2D eigenvalue weighted by Gasteiger charge is -2.57. The summed E-state index contributed by atoms with van der Waals surface area (Å²) < 4.78 is 11.7. The quantitative estimate of drug-likeness (QED) is 0.458. The Bertz CT molecular complexity index is 1270. The first-order chi connectivity index (χ1) is 14.3. The number of rotatable bonds is 2. The molecular weight excluding hydrogens is 408 g/mol. The van der Waals surface area contributed by atoms with E-state index in [1.807, 2.05) is 38.1 Å². The topological polar surface area (TPSA) is 94.6 Å². The number of hydrogen-bond acceptors (Lipinski definition) is 6. The Balaban J connectivity index is 1.84. The molecule has 1 aromatic heterocycles. The second-order valence-corrected chi connectivity index (χ2v) is 8.47. The van der Waals surface area contributed by atoms with E-state index in [9.17, 15) is 14.9 Å². The van der Waals surface area contributed by atoms with Crippen molar-refractivity contribution in [2.45, 2.75) is 25.5 Å². The lowest BCUT2D eigenvalue weighted by molar-refractivity contribution is -0.384. The van der Waals surface area contributed by atoms with E-state index >= 15 is 0 Å². The molecule has 2 aliphatic heterocycles. The Morgan fingerprint density at radius 3 is 2.67 bits per heavy atom. The molecule has 2 atom stereocenters. The Kier molecular flexibility index (Phi) is 3.79. The molecule has 0 aliphatic carbocycles. The number of fused-ring (bicyclic) bond motifs is 6. The number of benzene rings is 2. The van der Waals surface area contributed by atoms with Crippen LogP contribution in [0.25, 0.3) is 0 Å². The molecule has 7 nitrogen and oxygen atoms in total. The minimum absolute atomic E-state index is 0.0156. The van der Waals surface area contributed by atoms with Crippen molar-refractivity contribution in [2.75, 3.05) is 5.32 Å². The van der Waals surface area contributed by atoms with Crippen molar-refractivity contribution in [1.29, 1.82) is 0 Å². The lowest BCUT2D eigenvalue weighted by Crippen LogP contribution is -2.61. The third-order valence-corrected chi connectivity index (χ3v) is 6.50. The average Bonchev–Trinajstić information content (AvgIpc) is 2.68. The number of hydrogen-bond donors (Lipinski definition) is 1. The molecule has 0 fully saturated rings. The van der Waals surface area contributed by atoms with Crippen LogP contribution in [0.5, 0.6) is 5.75 Å². The van der Waals surface area contributed by atoms with Crippen LogP contribution in [0, 0.1) is 15.5 Å². The Morgan fingerprint density at radius 1 is 1.17 bits per heavy atom. The standard InChI is InChI=1S/C22H17ClN2O5/c1-21(2)19-13-5-3-4-6-15(13)24-22(21,30-17-9-10-29-20(26)18(17)19)12-7-8-16(25(27)28)14(23)11-12/h3-11,19,24H,1-2H3/t19-,22?/m1/s1. The van der Waals surface area contributed by atoms with Gasteiger partial charge in [0.25, 0.3) is 5.69 Å². The van der Waals surface area contributed by atoms with E-state index in [0.717, 1.165) is 11.3 Å². The van der Waals surface area contributed by atoms with Gasteiger partial charge in [-0.1, -0.05) is 43.6 Å². The van der Waals surface area contributed by atoms with Gasteiger partial charge < -0.3 is 14.5 Å². The molecule has 1 N–H and O–H groups in total. The number of nitro groups is 1. The summed E-state index contributed by atoms with van der Waals surface area (Å²) in [6.45, 7) is 3.98. The molecule has 8 heteroatoms. The van der Waals surface area contributed by atoms with Crippen LogP contribution in [0.3, 0.4) is 0 Å². The van der Waals surface area contributed by atoms with E-state index in [1.165, 1.54) is 12.3 Å². The van der Waals surface area contributed by atoms with Crippen molar-refractivity contribution in [1.82, 2.24) is 0 Å². The van der Waals surface area contributed by atoms with Crippen molar-refractivity contribution in [3.8, 4) is 5.75 Å². The van der Waals surface area contributed by atoms with Crippen molar-refractivity contribution >= 4 is 23.0 Å². The highest BCUT2D eigenvalue weighted by Gasteiger charge is 2.61. The van der Waals surface area contributed by atoms with Crippen LogP contribution >= 0.6 is 11.6 Å². The summed E-state index contributed by atoms with van der Waals surface area (Å²) in [6, 6.07) is 13.9. The zero-order valence-corrected chi connectivity index (χ0v) is 16.9. The third kappa shape index (κ3) is 2.29. The molecule has 3 aromatic rings. The molecule has 1 unspecified atom stereocenters. The fourth-order valence-electron chi connectivity index (χ4n) is 4.78. The smallest absolute Gasteiger partial charge is 0.343 e. The molecule has 0 radical (unpaired) electrons.